The molecule has 112 valence electrons. The highest BCUT2D eigenvalue weighted by molar-refractivity contribution is 5.59. The molecule has 1 N–H and O–H groups in total. The van der Waals surface area contributed by atoms with Crippen molar-refractivity contribution in [2.75, 3.05) is 13.6 Å². The van der Waals surface area contributed by atoms with Gasteiger partial charge in [-0.25, -0.2) is 4.39 Å². The van der Waals surface area contributed by atoms with Gasteiger partial charge in [0.25, 0.3) is 5.89 Å². The van der Waals surface area contributed by atoms with E-state index in [0.717, 1.165) is 19.0 Å². The van der Waals surface area contributed by atoms with Gasteiger partial charge in [-0.2, -0.15) is 4.39 Å². The lowest BCUT2D eigenvalue weighted by Crippen LogP contribution is -2.08. The molecule has 0 unspecified atom stereocenters. The normalized spacial score (nSPS) is 10.8. The summed E-state index contributed by atoms with van der Waals surface area (Å²) in [4.78, 5) is 9.65. The molecule has 7 nitrogen and oxygen atoms in total. The lowest BCUT2D eigenvalue weighted by Gasteiger charge is -2.00. The first kappa shape index (κ1) is 15.0. The first-order chi connectivity index (χ1) is 10.0. The number of nitro groups is 1. The molecule has 1 aromatic heterocycles. The second kappa shape index (κ2) is 6.35. The van der Waals surface area contributed by atoms with Gasteiger partial charge in [0.05, 0.1) is 16.6 Å². The minimum atomic E-state index is -1.20. The van der Waals surface area contributed by atoms with E-state index >= 15 is 0 Å². The highest BCUT2D eigenvalue weighted by atomic mass is 19.1. The molecule has 0 saturated heterocycles. The number of aromatic nitrogens is 2. The van der Waals surface area contributed by atoms with Crippen LogP contribution in [0.3, 0.4) is 0 Å². The van der Waals surface area contributed by atoms with Crippen molar-refractivity contribution in [1.29, 1.82) is 0 Å². The fourth-order valence-corrected chi connectivity index (χ4v) is 1.74. The number of nitrogens with one attached hydrogen (secondary N) is 1. The van der Waals surface area contributed by atoms with Gasteiger partial charge in [0.15, 0.2) is 0 Å². The fraction of sp³-hybridized carbons (Fsp3) is 0.333. The van der Waals surface area contributed by atoms with Crippen LogP contribution < -0.4 is 5.32 Å². The first-order valence-electron chi connectivity index (χ1n) is 6.13. The molecule has 0 radical (unpaired) electrons. The minimum absolute atomic E-state index is 0.256. The maximum absolute atomic E-state index is 14.0. The maximum atomic E-state index is 14.0. The molecule has 0 fully saturated rings. The van der Waals surface area contributed by atoms with Crippen LogP contribution >= 0.6 is 0 Å². The van der Waals surface area contributed by atoms with Gasteiger partial charge in [0, 0.05) is 6.42 Å². The van der Waals surface area contributed by atoms with Gasteiger partial charge >= 0.3 is 5.69 Å². The fourth-order valence-electron chi connectivity index (χ4n) is 1.74. The molecule has 2 aromatic rings. The molecular weight excluding hydrogens is 286 g/mol. The topological polar surface area (TPSA) is 94.1 Å². The Morgan fingerprint density at radius 3 is 2.81 bits per heavy atom. The van der Waals surface area contributed by atoms with Crippen LogP contribution in [0.1, 0.15) is 12.3 Å². The van der Waals surface area contributed by atoms with Gasteiger partial charge in [-0.1, -0.05) is 0 Å². The molecule has 2 rings (SSSR count). The maximum Gasteiger partial charge on any atom is 0.308 e. The van der Waals surface area contributed by atoms with Crippen LogP contribution in [0.4, 0.5) is 14.5 Å². The zero-order valence-electron chi connectivity index (χ0n) is 11.1. The Bertz CT molecular complexity index is 660. The van der Waals surface area contributed by atoms with Crippen LogP contribution in [0.25, 0.3) is 11.5 Å². The number of nitrogens with zero attached hydrogens (tertiary/aromatic N) is 3. The summed E-state index contributed by atoms with van der Waals surface area (Å²) in [6, 6.07) is 1.29. The lowest BCUT2D eigenvalue weighted by atomic mass is 10.2. The van der Waals surface area contributed by atoms with E-state index in [1.165, 1.54) is 0 Å². The predicted molar refractivity (Wildman–Crippen MR) is 68.6 cm³/mol. The molecule has 1 aromatic carbocycles. The van der Waals surface area contributed by atoms with Crippen LogP contribution in [0, 0.1) is 21.7 Å². The van der Waals surface area contributed by atoms with E-state index in [-0.39, 0.29) is 11.8 Å². The zero-order valence-corrected chi connectivity index (χ0v) is 11.1. The molecule has 0 spiro atoms. The highest BCUT2D eigenvalue weighted by Gasteiger charge is 2.24. The molecule has 0 aliphatic rings. The summed E-state index contributed by atoms with van der Waals surface area (Å²) in [7, 11) is 1.79. The average Bonchev–Trinajstić information content (AvgIpc) is 2.89. The summed E-state index contributed by atoms with van der Waals surface area (Å²) >= 11 is 0. The van der Waals surface area contributed by atoms with Crippen molar-refractivity contribution in [2.24, 2.45) is 0 Å². The average molecular weight is 298 g/mol. The Balaban J connectivity index is 2.32. The second-order valence-electron chi connectivity index (χ2n) is 4.25. The zero-order chi connectivity index (χ0) is 15.4. The van der Waals surface area contributed by atoms with Gasteiger partial charge in [-0.15, -0.1) is 10.2 Å². The molecule has 0 aliphatic carbocycles. The largest absolute Gasteiger partial charge is 0.421 e. The first-order valence-corrected chi connectivity index (χ1v) is 6.13. The van der Waals surface area contributed by atoms with E-state index in [9.17, 15) is 18.9 Å². The van der Waals surface area contributed by atoms with E-state index in [4.69, 9.17) is 4.42 Å². The van der Waals surface area contributed by atoms with Crippen molar-refractivity contribution in [3.05, 3.63) is 39.8 Å². The van der Waals surface area contributed by atoms with Crippen molar-refractivity contribution >= 4 is 5.69 Å². The minimum Gasteiger partial charge on any atom is -0.421 e. The Morgan fingerprint density at radius 1 is 1.38 bits per heavy atom. The van der Waals surface area contributed by atoms with Crippen molar-refractivity contribution in [3.63, 3.8) is 0 Å². The molecule has 0 bridgehead atoms. The van der Waals surface area contributed by atoms with E-state index in [1.54, 1.807) is 7.05 Å². The van der Waals surface area contributed by atoms with Crippen molar-refractivity contribution in [3.8, 4) is 11.5 Å². The number of halogens is 2. The molecular formula is C12H12F2N4O3. The molecule has 9 heteroatoms. The Hall–Kier alpha value is -2.42. The van der Waals surface area contributed by atoms with Gasteiger partial charge < -0.3 is 9.73 Å². The van der Waals surface area contributed by atoms with Gasteiger partial charge in [-0.05, 0) is 26.1 Å². The SMILES string of the molecule is CNCCCc1nnc(-c2cc(F)cc([N+](=O)[O-])c2F)o1. The third-order valence-electron chi connectivity index (χ3n) is 2.73. The number of nitro benzene ring substituents is 1. The van der Waals surface area contributed by atoms with E-state index in [1.807, 2.05) is 0 Å². The molecule has 0 saturated carbocycles. The summed E-state index contributed by atoms with van der Waals surface area (Å²) in [6.45, 7) is 0.734. The van der Waals surface area contributed by atoms with Crippen molar-refractivity contribution in [2.45, 2.75) is 12.8 Å². The monoisotopic (exact) mass is 298 g/mol. The molecule has 0 amide bonds. The predicted octanol–water partition coefficient (Wildman–Crippen LogP) is 2.07. The Labute approximate surface area is 118 Å². The number of aryl methyl sites for hydroxylation is 1. The summed E-state index contributed by atoms with van der Waals surface area (Å²) in [5.74, 6) is -2.18. The second-order valence-corrected chi connectivity index (χ2v) is 4.25. The van der Waals surface area contributed by atoms with Gasteiger partial charge in [0.1, 0.15) is 5.82 Å². The van der Waals surface area contributed by atoms with E-state index < -0.39 is 27.8 Å². The lowest BCUT2D eigenvalue weighted by molar-refractivity contribution is -0.387. The third-order valence-corrected chi connectivity index (χ3v) is 2.73. The quantitative estimate of drug-likeness (QED) is 0.498. The van der Waals surface area contributed by atoms with Crippen molar-refractivity contribution < 1.29 is 18.1 Å². The Morgan fingerprint density at radius 2 is 2.14 bits per heavy atom. The van der Waals surface area contributed by atoms with Crippen LogP contribution in [-0.2, 0) is 6.42 Å². The van der Waals surface area contributed by atoms with Crippen LogP contribution in [-0.4, -0.2) is 28.7 Å². The third kappa shape index (κ3) is 3.37. The van der Waals surface area contributed by atoms with Gasteiger partial charge in [-0.3, -0.25) is 10.1 Å². The summed E-state index contributed by atoms with van der Waals surface area (Å²) in [6.07, 6.45) is 1.19. The number of hydrogen-bond acceptors (Lipinski definition) is 6. The molecule has 1 heterocycles. The van der Waals surface area contributed by atoms with Crippen LogP contribution in [0.15, 0.2) is 16.5 Å². The summed E-state index contributed by atoms with van der Waals surface area (Å²) in [5.41, 5.74) is -1.39. The van der Waals surface area contributed by atoms with Crippen LogP contribution in [0.2, 0.25) is 0 Å². The van der Waals surface area contributed by atoms with Crippen molar-refractivity contribution in [1.82, 2.24) is 15.5 Å². The standard InChI is InChI=1S/C12H12F2N4O3/c1-15-4-2-3-10-16-17-12(21-10)8-5-7(13)6-9(11(8)14)18(19)20/h5-6,15H,2-4H2,1H3. The van der Waals surface area contributed by atoms with E-state index in [0.29, 0.717) is 12.5 Å². The number of benzene rings is 1. The van der Waals surface area contributed by atoms with E-state index in [2.05, 4.69) is 15.5 Å². The highest BCUT2D eigenvalue weighted by Crippen LogP contribution is 2.29. The van der Waals surface area contributed by atoms with Crippen LogP contribution in [0.5, 0.6) is 0 Å². The smallest absolute Gasteiger partial charge is 0.308 e. The summed E-state index contributed by atoms with van der Waals surface area (Å²) < 4.78 is 32.5. The Kier molecular flexibility index (Phi) is 4.53. The molecule has 21 heavy (non-hydrogen) atoms. The summed E-state index contributed by atoms with van der Waals surface area (Å²) in [5, 5.41) is 20.9. The number of rotatable bonds is 6. The number of hydrogen-bond donors (Lipinski definition) is 1. The molecule has 0 aliphatic heterocycles. The van der Waals surface area contributed by atoms with Gasteiger partial charge in [0.2, 0.25) is 11.7 Å². The molecule has 0 atom stereocenters.